The fraction of sp³-hybridized carbons (Fsp3) is 0.450. The fourth-order valence-corrected chi connectivity index (χ4v) is 4.03. The van der Waals surface area contributed by atoms with Crippen molar-refractivity contribution in [3.8, 4) is 5.75 Å². The van der Waals surface area contributed by atoms with Crippen LogP contribution >= 0.6 is 22.9 Å². The normalized spacial score (nSPS) is 20.0. The number of hydrogen-bond acceptors (Lipinski definition) is 9. The predicted octanol–water partition coefficient (Wildman–Crippen LogP) is 2.85. The number of aromatic nitrogens is 1. The van der Waals surface area contributed by atoms with E-state index in [0.717, 1.165) is 5.56 Å². The van der Waals surface area contributed by atoms with E-state index in [9.17, 15) is 9.59 Å². The van der Waals surface area contributed by atoms with Crippen LogP contribution in [0.5, 0.6) is 5.75 Å². The smallest absolute Gasteiger partial charge is 0.350 e. The number of carbonyl (C=O) groups is 2. The summed E-state index contributed by atoms with van der Waals surface area (Å²) in [7, 11) is 2.65. The van der Waals surface area contributed by atoms with Crippen molar-refractivity contribution in [1.29, 1.82) is 0 Å². The van der Waals surface area contributed by atoms with Crippen molar-refractivity contribution in [3.05, 3.63) is 45.4 Å². The van der Waals surface area contributed by atoms with Crippen LogP contribution in [0.3, 0.4) is 0 Å². The van der Waals surface area contributed by atoms with Gasteiger partial charge in [-0.05, 0) is 31.0 Å². The van der Waals surface area contributed by atoms with E-state index in [0.29, 0.717) is 28.9 Å². The minimum Gasteiger partial charge on any atom is -0.482 e. The minimum atomic E-state index is -0.807. The Morgan fingerprint density at radius 1 is 1.30 bits per heavy atom. The molecule has 2 aromatic rings. The van der Waals surface area contributed by atoms with Gasteiger partial charge in [0.15, 0.2) is 11.1 Å². The predicted molar refractivity (Wildman–Crippen MR) is 111 cm³/mol. The second kappa shape index (κ2) is 10.2. The maximum Gasteiger partial charge on any atom is 0.350 e. The Bertz CT molecular complexity index is 874. The molecular formula is C20H23ClN2O6S. The topological polar surface area (TPSA) is 87.2 Å². The first-order chi connectivity index (χ1) is 14.4. The number of carbonyl (C=O) groups excluding carboxylic acids is 2. The molecule has 1 saturated heterocycles. The lowest BCUT2D eigenvalue weighted by molar-refractivity contribution is -0.162. The summed E-state index contributed by atoms with van der Waals surface area (Å²) in [5, 5.41) is 1.84. The highest BCUT2D eigenvalue weighted by Crippen LogP contribution is 2.33. The molecule has 1 aromatic heterocycles. The molecule has 30 heavy (non-hydrogen) atoms. The zero-order chi connectivity index (χ0) is 21.7. The molecule has 8 nitrogen and oxygen atoms in total. The molecule has 0 amide bonds. The van der Waals surface area contributed by atoms with Crippen molar-refractivity contribution in [1.82, 2.24) is 9.88 Å². The van der Waals surface area contributed by atoms with E-state index in [-0.39, 0.29) is 18.8 Å². The standard InChI is InChI=1S/C20H23ClN2O6S/c1-12(8-13-4-6-14(7-5-13)28-10-17(24)26-2)23-9-16(15-11-30-20(21)22-15)29-18(23)19(25)27-3/h4-7,11-12,16,18H,8-10H2,1-3H3. The van der Waals surface area contributed by atoms with Gasteiger partial charge in [0.1, 0.15) is 11.9 Å². The van der Waals surface area contributed by atoms with Crippen LogP contribution in [0.2, 0.25) is 4.47 Å². The molecule has 0 N–H and O–H groups in total. The molecule has 3 atom stereocenters. The number of methoxy groups -OCH3 is 2. The minimum absolute atomic E-state index is 0.00459. The maximum absolute atomic E-state index is 12.3. The number of benzene rings is 1. The van der Waals surface area contributed by atoms with Crippen molar-refractivity contribution < 1.29 is 28.5 Å². The van der Waals surface area contributed by atoms with Gasteiger partial charge in [-0.15, -0.1) is 11.3 Å². The van der Waals surface area contributed by atoms with E-state index in [1.54, 1.807) is 12.1 Å². The molecule has 1 fully saturated rings. The maximum atomic E-state index is 12.3. The van der Waals surface area contributed by atoms with E-state index in [1.165, 1.54) is 25.6 Å². The van der Waals surface area contributed by atoms with Crippen LogP contribution in [0.4, 0.5) is 0 Å². The highest BCUT2D eigenvalue weighted by Gasteiger charge is 2.42. The summed E-state index contributed by atoms with van der Waals surface area (Å²) in [6.45, 7) is 2.39. The van der Waals surface area contributed by atoms with E-state index >= 15 is 0 Å². The van der Waals surface area contributed by atoms with Crippen molar-refractivity contribution in [2.45, 2.75) is 31.7 Å². The molecule has 0 saturated carbocycles. The average Bonchev–Trinajstić information content (AvgIpc) is 3.39. The highest BCUT2D eigenvalue weighted by molar-refractivity contribution is 7.13. The number of ether oxygens (including phenoxy) is 4. The van der Waals surface area contributed by atoms with E-state index in [4.69, 9.17) is 25.8 Å². The van der Waals surface area contributed by atoms with Gasteiger partial charge in [-0.3, -0.25) is 4.90 Å². The molecule has 1 aromatic carbocycles. The first-order valence-electron chi connectivity index (χ1n) is 9.29. The molecule has 10 heteroatoms. The van der Waals surface area contributed by atoms with Crippen LogP contribution in [-0.4, -0.2) is 61.5 Å². The second-order valence-corrected chi connectivity index (χ2v) is 8.22. The summed E-state index contributed by atoms with van der Waals surface area (Å²) in [6, 6.07) is 7.43. The third-order valence-corrected chi connectivity index (χ3v) is 5.80. The largest absolute Gasteiger partial charge is 0.482 e. The van der Waals surface area contributed by atoms with Gasteiger partial charge in [0.05, 0.1) is 19.9 Å². The van der Waals surface area contributed by atoms with Gasteiger partial charge in [-0.1, -0.05) is 23.7 Å². The summed E-state index contributed by atoms with van der Waals surface area (Å²) >= 11 is 7.27. The third kappa shape index (κ3) is 5.48. The SMILES string of the molecule is COC(=O)COc1ccc(CC(C)N2CC(c3csc(Cl)n3)OC2C(=O)OC)cc1. The summed E-state index contributed by atoms with van der Waals surface area (Å²) in [6.07, 6.45) is -0.480. The number of esters is 2. The van der Waals surface area contributed by atoms with Gasteiger partial charge in [-0.2, -0.15) is 0 Å². The zero-order valence-electron chi connectivity index (χ0n) is 16.9. The summed E-state index contributed by atoms with van der Waals surface area (Å²) in [5.74, 6) is -0.307. The summed E-state index contributed by atoms with van der Waals surface area (Å²) in [4.78, 5) is 29.7. The summed E-state index contributed by atoms with van der Waals surface area (Å²) < 4.78 is 21.2. The second-order valence-electron chi connectivity index (χ2n) is 6.78. The van der Waals surface area contributed by atoms with Crippen LogP contribution in [0.15, 0.2) is 29.6 Å². The molecular weight excluding hydrogens is 432 g/mol. The van der Waals surface area contributed by atoms with Gasteiger partial charge >= 0.3 is 11.9 Å². The molecule has 0 aliphatic carbocycles. The third-order valence-electron chi connectivity index (χ3n) is 4.80. The first kappa shape index (κ1) is 22.5. The molecule has 1 aliphatic heterocycles. The first-order valence-corrected chi connectivity index (χ1v) is 10.6. The molecule has 0 bridgehead atoms. The zero-order valence-corrected chi connectivity index (χ0v) is 18.4. The number of halogens is 1. The Balaban J connectivity index is 1.65. The fourth-order valence-electron chi connectivity index (χ4n) is 3.22. The van der Waals surface area contributed by atoms with Crippen molar-refractivity contribution in [2.75, 3.05) is 27.4 Å². The van der Waals surface area contributed by atoms with Crippen LogP contribution in [0, 0.1) is 0 Å². The summed E-state index contributed by atoms with van der Waals surface area (Å²) in [5.41, 5.74) is 1.76. The number of thiazole rings is 1. The Labute approximate surface area is 183 Å². The number of nitrogens with zero attached hydrogens (tertiary/aromatic N) is 2. The van der Waals surface area contributed by atoms with E-state index in [1.807, 2.05) is 29.3 Å². The molecule has 0 radical (unpaired) electrons. The Morgan fingerprint density at radius 3 is 2.63 bits per heavy atom. The Hall–Kier alpha value is -2.20. The molecule has 162 valence electrons. The lowest BCUT2D eigenvalue weighted by Crippen LogP contribution is -2.44. The van der Waals surface area contributed by atoms with Gasteiger partial charge < -0.3 is 18.9 Å². The van der Waals surface area contributed by atoms with Crippen LogP contribution < -0.4 is 4.74 Å². The van der Waals surface area contributed by atoms with Crippen molar-refractivity contribution in [3.63, 3.8) is 0 Å². The number of rotatable bonds is 8. The molecule has 1 aliphatic rings. The van der Waals surface area contributed by atoms with Gasteiger partial charge in [0.25, 0.3) is 0 Å². The lowest BCUT2D eigenvalue weighted by atomic mass is 10.1. The average molecular weight is 455 g/mol. The van der Waals surface area contributed by atoms with Crippen molar-refractivity contribution >= 4 is 34.9 Å². The lowest BCUT2D eigenvalue weighted by Gasteiger charge is -2.27. The molecule has 2 heterocycles. The molecule has 3 rings (SSSR count). The Kier molecular flexibility index (Phi) is 7.65. The molecule has 3 unspecified atom stereocenters. The number of hydrogen-bond donors (Lipinski definition) is 0. The highest BCUT2D eigenvalue weighted by atomic mass is 35.5. The quantitative estimate of drug-likeness (QED) is 0.563. The van der Waals surface area contributed by atoms with E-state index < -0.39 is 18.2 Å². The van der Waals surface area contributed by atoms with Crippen molar-refractivity contribution in [2.24, 2.45) is 0 Å². The monoisotopic (exact) mass is 454 g/mol. The van der Waals surface area contributed by atoms with Crippen LogP contribution in [0.25, 0.3) is 0 Å². The van der Waals surface area contributed by atoms with Crippen LogP contribution in [-0.2, 0) is 30.2 Å². The van der Waals surface area contributed by atoms with Crippen LogP contribution in [0.1, 0.15) is 24.3 Å². The molecule has 0 spiro atoms. The van der Waals surface area contributed by atoms with E-state index in [2.05, 4.69) is 9.72 Å². The Morgan fingerprint density at radius 2 is 2.03 bits per heavy atom. The van der Waals surface area contributed by atoms with Gasteiger partial charge in [-0.25, -0.2) is 14.6 Å². The van der Waals surface area contributed by atoms with Gasteiger partial charge in [0, 0.05) is 18.0 Å². The van der Waals surface area contributed by atoms with Gasteiger partial charge in [0.2, 0.25) is 6.23 Å².